The van der Waals surface area contributed by atoms with Crippen LogP contribution >= 0.6 is 0 Å². The minimum Gasteiger partial charge on any atom is -0.507 e. The summed E-state index contributed by atoms with van der Waals surface area (Å²) in [5.74, 6) is 0.135. The second-order valence-electron chi connectivity index (χ2n) is 11.8. The zero-order valence-corrected chi connectivity index (χ0v) is 28.0. The van der Waals surface area contributed by atoms with Crippen molar-refractivity contribution in [2.75, 3.05) is 28.4 Å². The Kier molecular flexibility index (Phi) is 8.65. The van der Waals surface area contributed by atoms with Gasteiger partial charge in [-0.25, -0.2) is 0 Å². The first-order chi connectivity index (χ1) is 22.9. The van der Waals surface area contributed by atoms with Gasteiger partial charge in [-0.3, -0.25) is 9.59 Å². The number of phenols is 2. The molecule has 12 nitrogen and oxygen atoms in total. The van der Waals surface area contributed by atoms with Gasteiger partial charge < -0.3 is 48.1 Å². The van der Waals surface area contributed by atoms with Gasteiger partial charge in [0.25, 0.3) is 0 Å². The third kappa shape index (κ3) is 5.15. The highest BCUT2D eigenvalue weighted by Gasteiger charge is 2.40. The number of phenolic OH excluding ortho intramolecular Hbond substituents is 2. The van der Waals surface area contributed by atoms with Crippen LogP contribution in [0.2, 0.25) is 0 Å². The van der Waals surface area contributed by atoms with Crippen LogP contribution in [-0.2, 0) is 41.8 Å². The molecule has 12 heteroatoms. The Bertz CT molecular complexity index is 1970. The Balaban J connectivity index is 1.88. The number of rotatable bonds is 7. The Morgan fingerprint density at radius 2 is 1.19 bits per heavy atom. The molecule has 0 unspecified atom stereocenters. The first-order valence-corrected chi connectivity index (χ1v) is 15.4. The smallest absolute Gasteiger partial charge is 0.303 e. The van der Waals surface area contributed by atoms with E-state index >= 15 is 0 Å². The predicted octanol–water partition coefficient (Wildman–Crippen LogP) is 6.15. The number of esters is 2. The molecule has 0 fully saturated rings. The second-order valence-corrected chi connectivity index (χ2v) is 11.8. The standard InChI is InChI=1S/C36H38O12/c1-15-35(47-17(3)37)20-11-22-28(26(43-7)12-27(44-8)30(22)33(39)23(20)13-45-15)31-21-9-19(41-5)10-25(42-6)29(21)34(40)24-14-46-16(2)36(32(24)31)48-18(4)38/h9-12,15-16,35-36,39-40H,13-14H2,1-8H3/t15-,16-,35+,36+/m0/s1. The van der Waals surface area contributed by atoms with Gasteiger partial charge in [-0.2, -0.15) is 0 Å². The van der Waals surface area contributed by atoms with Crippen LogP contribution in [-0.4, -0.2) is 62.8 Å². The van der Waals surface area contributed by atoms with Crippen molar-refractivity contribution < 1.29 is 57.7 Å². The van der Waals surface area contributed by atoms with Gasteiger partial charge in [0.15, 0.2) is 12.2 Å². The largest absolute Gasteiger partial charge is 0.507 e. The number of hydrogen-bond donors (Lipinski definition) is 2. The molecule has 48 heavy (non-hydrogen) atoms. The average molecular weight is 663 g/mol. The molecule has 2 heterocycles. The first kappa shape index (κ1) is 33.0. The molecule has 4 aromatic rings. The molecule has 0 saturated heterocycles. The molecular formula is C36H38O12. The van der Waals surface area contributed by atoms with Crippen molar-refractivity contribution in [1.82, 2.24) is 0 Å². The lowest BCUT2D eigenvalue weighted by molar-refractivity contribution is -0.158. The number of ether oxygens (including phenoxy) is 8. The summed E-state index contributed by atoms with van der Waals surface area (Å²) in [7, 11) is 5.99. The van der Waals surface area contributed by atoms with Gasteiger partial charge in [-0.05, 0) is 26.0 Å². The van der Waals surface area contributed by atoms with Crippen LogP contribution < -0.4 is 18.9 Å². The van der Waals surface area contributed by atoms with Gasteiger partial charge in [0.1, 0.15) is 34.5 Å². The Hall–Kier alpha value is -4.94. The number of aromatic hydroxyl groups is 2. The van der Waals surface area contributed by atoms with Crippen LogP contribution in [0.4, 0.5) is 0 Å². The molecule has 6 rings (SSSR count). The summed E-state index contributed by atoms with van der Waals surface area (Å²) < 4.78 is 46.8. The molecule has 0 radical (unpaired) electrons. The van der Waals surface area contributed by atoms with E-state index in [0.29, 0.717) is 77.9 Å². The summed E-state index contributed by atoms with van der Waals surface area (Å²) >= 11 is 0. The van der Waals surface area contributed by atoms with E-state index in [1.807, 2.05) is 6.07 Å². The number of fused-ring (bicyclic) bond motifs is 4. The molecule has 4 atom stereocenters. The maximum absolute atomic E-state index is 12.5. The Morgan fingerprint density at radius 3 is 1.77 bits per heavy atom. The fraction of sp³-hybridized carbons (Fsp3) is 0.389. The Morgan fingerprint density at radius 1 is 0.667 bits per heavy atom. The lowest BCUT2D eigenvalue weighted by Crippen LogP contribution is -2.30. The number of hydrogen-bond acceptors (Lipinski definition) is 12. The summed E-state index contributed by atoms with van der Waals surface area (Å²) in [6.45, 7) is 6.25. The summed E-state index contributed by atoms with van der Waals surface area (Å²) in [4.78, 5) is 24.8. The minimum atomic E-state index is -0.955. The van der Waals surface area contributed by atoms with Gasteiger partial charge >= 0.3 is 11.9 Å². The average Bonchev–Trinajstić information content (AvgIpc) is 3.06. The van der Waals surface area contributed by atoms with Crippen molar-refractivity contribution in [3.8, 4) is 45.6 Å². The number of methoxy groups -OCH3 is 4. The lowest BCUT2D eigenvalue weighted by Gasteiger charge is -2.35. The molecule has 0 bridgehead atoms. The number of carbonyl (C=O) groups is 2. The fourth-order valence-electron chi connectivity index (χ4n) is 6.94. The van der Waals surface area contributed by atoms with Crippen LogP contribution in [0.5, 0.6) is 34.5 Å². The van der Waals surface area contributed by atoms with Gasteiger partial charge in [-0.1, -0.05) is 0 Å². The quantitative estimate of drug-likeness (QED) is 0.219. The molecule has 2 N–H and O–H groups in total. The normalized spacial score (nSPS) is 20.1. The van der Waals surface area contributed by atoms with Crippen LogP contribution in [0.15, 0.2) is 24.3 Å². The van der Waals surface area contributed by atoms with E-state index in [4.69, 9.17) is 37.9 Å². The number of benzene rings is 4. The molecule has 2 aliphatic heterocycles. The molecular weight excluding hydrogens is 624 g/mol. The van der Waals surface area contributed by atoms with Gasteiger partial charge in [0, 0.05) is 70.1 Å². The van der Waals surface area contributed by atoms with Crippen molar-refractivity contribution in [1.29, 1.82) is 0 Å². The maximum atomic E-state index is 12.5. The molecule has 4 aromatic carbocycles. The third-order valence-corrected chi connectivity index (χ3v) is 9.08. The molecule has 0 spiro atoms. The van der Waals surface area contributed by atoms with E-state index in [-0.39, 0.29) is 24.7 Å². The van der Waals surface area contributed by atoms with Crippen LogP contribution in [0, 0.1) is 0 Å². The van der Waals surface area contributed by atoms with Crippen molar-refractivity contribution in [2.24, 2.45) is 0 Å². The highest BCUT2D eigenvalue weighted by molar-refractivity contribution is 6.15. The summed E-state index contributed by atoms with van der Waals surface area (Å²) in [6.07, 6.45) is -2.91. The lowest BCUT2D eigenvalue weighted by atomic mass is 9.80. The van der Waals surface area contributed by atoms with E-state index in [0.717, 1.165) is 0 Å². The molecule has 2 aliphatic rings. The summed E-state index contributed by atoms with van der Waals surface area (Å²) in [5.41, 5.74) is 2.87. The van der Waals surface area contributed by atoms with E-state index < -0.39 is 36.4 Å². The van der Waals surface area contributed by atoms with E-state index in [2.05, 4.69) is 0 Å². The predicted molar refractivity (Wildman–Crippen MR) is 174 cm³/mol. The molecule has 0 aliphatic carbocycles. The highest BCUT2D eigenvalue weighted by Crippen LogP contribution is 2.57. The van der Waals surface area contributed by atoms with Crippen molar-refractivity contribution in [3.05, 3.63) is 46.5 Å². The highest BCUT2D eigenvalue weighted by atomic mass is 16.6. The summed E-state index contributed by atoms with van der Waals surface area (Å²) in [6, 6.07) is 6.91. The first-order valence-electron chi connectivity index (χ1n) is 15.4. The van der Waals surface area contributed by atoms with Crippen LogP contribution in [0.3, 0.4) is 0 Å². The van der Waals surface area contributed by atoms with Crippen LogP contribution in [0.1, 0.15) is 62.2 Å². The molecule has 0 aromatic heterocycles. The number of carbonyl (C=O) groups excluding carboxylic acids is 2. The SMILES string of the molecule is COc1cc(OC)c2c(O)c3c(c(-c4c(OC)cc(OC)c5c(O)c6c(cc45)[C@H](OC(C)=O)[C@H](C)OC6)c2c1)[C@H](OC(C)=O)[C@H](C)OC3. The molecule has 0 amide bonds. The van der Waals surface area contributed by atoms with Crippen molar-refractivity contribution >= 4 is 33.5 Å². The zero-order chi connectivity index (χ0) is 34.6. The van der Waals surface area contributed by atoms with E-state index in [1.165, 1.54) is 42.3 Å². The van der Waals surface area contributed by atoms with E-state index in [9.17, 15) is 19.8 Å². The zero-order valence-electron chi connectivity index (χ0n) is 28.0. The second kappa shape index (κ2) is 12.6. The Labute approximate surface area is 276 Å². The maximum Gasteiger partial charge on any atom is 0.303 e. The van der Waals surface area contributed by atoms with Gasteiger partial charge in [0.05, 0.1) is 64.6 Å². The minimum absolute atomic E-state index is 0.00134. The fourth-order valence-corrected chi connectivity index (χ4v) is 6.94. The van der Waals surface area contributed by atoms with Crippen LogP contribution in [0.25, 0.3) is 32.7 Å². The van der Waals surface area contributed by atoms with Crippen molar-refractivity contribution in [3.63, 3.8) is 0 Å². The molecule has 0 saturated carbocycles. The topological polar surface area (TPSA) is 148 Å². The van der Waals surface area contributed by atoms with Gasteiger partial charge in [0.2, 0.25) is 0 Å². The molecule has 254 valence electrons. The van der Waals surface area contributed by atoms with Crippen molar-refractivity contribution in [2.45, 2.75) is 65.3 Å². The third-order valence-electron chi connectivity index (χ3n) is 9.08. The van der Waals surface area contributed by atoms with E-state index in [1.54, 1.807) is 32.0 Å². The summed E-state index contributed by atoms with van der Waals surface area (Å²) in [5, 5.41) is 25.5. The monoisotopic (exact) mass is 662 g/mol. The van der Waals surface area contributed by atoms with Gasteiger partial charge in [-0.15, -0.1) is 0 Å².